The maximum absolute atomic E-state index is 12.1. The topological polar surface area (TPSA) is 54.5 Å². The van der Waals surface area contributed by atoms with Gasteiger partial charge >= 0.3 is 0 Å². The molecule has 5 heteroatoms. The molecule has 2 aromatic rings. The van der Waals surface area contributed by atoms with Crippen LogP contribution in [0.15, 0.2) is 36.5 Å². The second-order valence-electron chi connectivity index (χ2n) is 5.05. The molecular weight excluding hydrogens is 266 g/mol. The van der Waals surface area contributed by atoms with Crippen molar-refractivity contribution in [3.63, 3.8) is 0 Å². The lowest BCUT2D eigenvalue weighted by Crippen LogP contribution is -2.41. The fourth-order valence-corrected chi connectivity index (χ4v) is 2.52. The van der Waals surface area contributed by atoms with Crippen LogP contribution in [0.2, 0.25) is 0 Å². The Bertz CT molecular complexity index is 618. The molecule has 0 atom stereocenters. The van der Waals surface area contributed by atoms with E-state index in [0.717, 1.165) is 16.6 Å². The fourth-order valence-electron chi connectivity index (χ4n) is 2.52. The van der Waals surface area contributed by atoms with Gasteiger partial charge in [-0.15, -0.1) is 0 Å². The molecule has 0 radical (unpaired) electrons. The highest BCUT2D eigenvalue weighted by Crippen LogP contribution is 2.20. The Kier molecular flexibility index (Phi) is 4.31. The molecule has 1 saturated heterocycles. The Hall–Kier alpha value is -2.14. The summed E-state index contributed by atoms with van der Waals surface area (Å²) >= 11 is 0. The number of fused-ring (bicyclic) bond motifs is 1. The molecule has 0 bridgehead atoms. The number of pyridine rings is 1. The number of hydrogen-bond acceptors (Lipinski definition) is 4. The zero-order chi connectivity index (χ0) is 14.5. The predicted molar refractivity (Wildman–Crippen MR) is 82.2 cm³/mol. The van der Waals surface area contributed by atoms with Crippen molar-refractivity contribution in [2.45, 2.75) is 6.42 Å². The van der Waals surface area contributed by atoms with Gasteiger partial charge in [-0.25, -0.2) is 4.98 Å². The monoisotopic (exact) mass is 285 g/mol. The van der Waals surface area contributed by atoms with Crippen molar-refractivity contribution in [3.05, 3.63) is 36.5 Å². The van der Waals surface area contributed by atoms with E-state index < -0.39 is 0 Å². The van der Waals surface area contributed by atoms with Crippen LogP contribution in [0.25, 0.3) is 10.8 Å². The van der Waals surface area contributed by atoms with Crippen LogP contribution in [-0.4, -0.2) is 48.6 Å². The first kappa shape index (κ1) is 13.8. The molecule has 0 aliphatic carbocycles. The summed E-state index contributed by atoms with van der Waals surface area (Å²) in [5.74, 6) is 1.01. The normalized spacial score (nSPS) is 15.1. The molecule has 21 heavy (non-hydrogen) atoms. The van der Waals surface area contributed by atoms with Gasteiger partial charge in [0.1, 0.15) is 5.82 Å². The number of carbonyl (C=O) groups is 1. The summed E-state index contributed by atoms with van der Waals surface area (Å²) in [4.78, 5) is 18.3. The Balaban J connectivity index is 1.58. The standard InChI is InChI=1S/C16H19N3O2/c20-15(19-9-11-21-12-10-19)6-8-18-16-14-4-2-1-3-13(14)5-7-17-16/h1-5,7H,6,8-12H2,(H,17,18). The Morgan fingerprint density at radius 1 is 1.24 bits per heavy atom. The van der Waals surface area contributed by atoms with E-state index in [1.165, 1.54) is 0 Å². The van der Waals surface area contributed by atoms with E-state index in [1.807, 2.05) is 29.2 Å². The maximum Gasteiger partial charge on any atom is 0.224 e. The van der Waals surface area contributed by atoms with Crippen LogP contribution in [-0.2, 0) is 9.53 Å². The second kappa shape index (κ2) is 6.54. The zero-order valence-electron chi connectivity index (χ0n) is 11.9. The third-order valence-corrected chi connectivity index (χ3v) is 3.67. The lowest BCUT2D eigenvalue weighted by molar-refractivity contribution is -0.134. The molecule has 1 aromatic carbocycles. The number of morpholine rings is 1. The molecule has 0 saturated carbocycles. The smallest absolute Gasteiger partial charge is 0.224 e. The molecule has 1 N–H and O–H groups in total. The summed E-state index contributed by atoms with van der Waals surface area (Å²) in [6.07, 6.45) is 2.26. The predicted octanol–water partition coefficient (Wildman–Crippen LogP) is 1.90. The van der Waals surface area contributed by atoms with E-state index in [1.54, 1.807) is 6.20 Å². The molecule has 0 unspecified atom stereocenters. The number of ether oxygens (including phenoxy) is 1. The molecule has 3 rings (SSSR count). The minimum Gasteiger partial charge on any atom is -0.378 e. The molecule has 1 amide bonds. The van der Waals surface area contributed by atoms with Gasteiger partial charge in [0.25, 0.3) is 0 Å². The van der Waals surface area contributed by atoms with Crippen LogP contribution in [0.4, 0.5) is 5.82 Å². The highest BCUT2D eigenvalue weighted by molar-refractivity contribution is 5.91. The first-order valence-electron chi connectivity index (χ1n) is 7.28. The Morgan fingerprint density at radius 3 is 2.90 bits per heavy atom. The van der Waals surface area contributed by atoms with Crippen molar-refractivity contribution in [1.82, 2.24) is 9.88 Å². The van der Waals surface area contributed by atoms with Gasteiger partial charge in [0.2, 0.25) is 5.91 Å². The van der Waals surface area contributed by atoms with E-state index in [4.69, 9.17) is 4.74 Å². The van der Waals surface area contributed by atoms with Gasteiger partial charge < -0.3 is 15.0 Å². The van der Waals surface area contributed by atoms with Crippen molar-refractivity contribution < 1.29 is 9.53 Å². The number of aromatic nitrogens is 1. The third kappa shape index (κ3) is 3.31. The van der Waals surface area contributed by atoms with Crippen LogP contribution < -0.4 is 5.32 Å². The van der Waals surface area contributed by atoms with Gasteiger partial charge in [-0.05, 0) is 11.5 Å². The number of anilines is 1. The molecule has 5 nitrogen and oxygen atoms in total. The maximum atomic E-state index is 12.1. The Morgan fingerprint density at radius 2 is 2.05 bits per heavy atom. The number of nitrogens with one attached hydrogen (secondary N) is 1. The molecule has 1 aliphatic heterocycles. The van der Waals surface area contributed by atoms with E-state index in [0.29, 0.717) is 39.3 Å². The van der Waals surface area contributed by atoms with Gasteiger partial charge in [-0.3, -0.25) is 4.79 Å². The third-order valence-electron chi connectivity index (χ3n) is 3.67. The quantitative estimate of drug-likeness (QED) is 0.932. The Labute approximate surface area is 123 Å². The van der Waals surface area contributed by atoms with E-state index in [2.05, 4.69) is 16.4 Å². The lowest BCUT2D eigenvalue weighted by Gasteiger charge is -2.26. The number of benzene rings is 1. The summed E-state index contributed by atoms with van der Waals surface area (Å²) in [7, 11) is 0. The van der Waals surface area contributed by atoms with Crippen molar-refractivity contribution in [2.75, 3.05) is 38.2 Å². The second-order valence-corrected chi connectivity index (χ2v) is 5.05. The van der Waals surface area contributed by atoms with Crippen LogP contribution in [0.1, 0.15) is 6.42 Å². The van der Waals surface area contributed by atoms with Gasteiger partial charge in [-0.1, -0.05) is 24.3 Å². The van der Waals surface area contributed by atoms with Crippen LogP contribution in [0, 0.1) is 0 Å². The minimum absolute atomic E-state index is 0.172. The van der Waals surface area contributed by atoms with Crippen molar-refractivity contribution in [1.29, 1.82) is 0 Å². The van der Waals surface area contributed by atoms with Gasteiger partial charge in [0.05, 0.1) is 13.2 Å². The van der Waals surface area contributed by atoms with Crippen molar-refractivity contribution >= 4 is 22.5 Å². The number of carbonyl (C=O) groups excluding carboxylic acids is 1. The fraction of sp³-hybridized carbons (Fsp3) is 0.375. The average Bonchev–Trinajstić information content (AvgIpc) is 2.56. The molecular formula is C16H19N3O2. The first-order valence-corrected chi connectivity index (χ1v) is 7.28. The summed E-state index contributed by atoms with van der Waals surface area (Å²) in [5.41, 5.74) is 0. The molecule has 1 fully saturated rings. The van der Waals surface area contributed by atoms with Crippen molar-refractivity contribution in [3.8, 4) is 0 Å². The highest BCUT2D eigenvalue weighted by atomic mass is 16.5. The van der Waals surface area contributed by atoms with Gasteiger partial charge in [-0.2, -0.15) is 0 Å². The van der Waals surface area contributed by atoms with E-state index in [9.17, 15) is 4.79 Å². The number of amides is 1. The minimum atomic E-state index is 0.172. The van der Waals surface area contributed by atoms with Gasteiger partial charge in [0.15, 0.2) is 0 Å². The highest BCUT2D eigenvalue weighted by Gasteiger charge is 2.16. The van der Waals surface area contributed by atoms with Crippen LogP contribution >= 0.6 is 0 Å². The largest absolute Gasteiger partial charge is 0.378 e. The molecule has 110 valence electrons. The molecule has 2 heterocycles. The van der Waals surface area contributed by atoms with E-state index in [-0.39, 0.29) is 5.91 Å². The van der Waals surface area contributed by atoms with Crippen LogP contribution in [0.3, 0.4) is 0 Å². The van der Waals surface area contributed by atoms with Crippen molar-refractivity contribution in [2.24, 2.45) is 0 Å². The SMILES string of the molecule is O=C(CCNc1nccc2ccccc12)N1CCOCC1. The summed E-state index contributed by atoms with van der Waals surface area (Å²) in [6, 6.07) is 10.1. The number of nitrogens with zero attached hydrogens (tertiary/aromatic N) is 2. The summed E-state index contributed by atoms with van der Waals surface area (Å²) in [6.45, 7) is 3.28. The first-order chi connectivity index (χ1) is 10.3. The van der Waals surface area contributed by atoms with E-state index >= 15 is 0 Å². The lowest BCUT2D eigenvalue weighted by atomic mass is 10.1. The number of rotatable bonds is 4. The molecule has 1 aliphatic rings. The average molecular weight is 285 g/mol. The van der Waals surface area contributed by atoms with Crippen LogP contribution in [0.5, 0.6) is 0 Å². The molecule has 1 aromatic heterocycles. The number of hydrogen-bond donors (Lipinski definition) is 1. The molecule has 0 spiro atoms. The zero-order valence-corrected chi connectivity index (χ0v) is 11.9. The van der Waals surface area contributed by atoms with Gasteiger partial charge in [0, 0.05) is 37.6 Å². The summed E-state index contributed by atoms with van der Waals surface area (Å²) in [5, 5.41) is 5.50. The summed E-state index contributed by atoms with van der Waals surface area (Å²) < 4.78 is 5.25.